The first-order valence-electron chi connectivity index (χ1n) is 11.6. The summed E-state index contributed by atoms with van der Waals surface area (Å²) in [6.45, 7) is 0. The number of hydrogen-bond donors (Lipinski definition) is 3. The number of fused-ring (bicyclic) bond motifs is 5. The van der Waals surface area contributed by atoms with Gasteiger partial charge in [-0.25, -0.2) is 27.5 Å². The van der Waals surface area contributed by atoms with Gasteiger partial charge in [-0.1, -0.05) is 42.5 Å². The van der Waals surface area contributed by atoms with Crippen LogP contribution in [-0.2, 0) is 0 Å². The number of pyridine rings is 1. The summed E-state index contributed by atoms with van der Waals surface area (Å²) in [4.78, 5) is 27.3. The minimum Gasteiger partial charge on any atom is -0.346 e. The van der Waals surface area contributed by atoms with Gasteiger partial charge in [-0.2, -0.15) is 0 Å². The number of benzene rings is 3. The van der Waals surface area contributed by atoms with E-state index in [2.05, 4.69) is 25.3 Å². The molecule has 3 N–H and O–H groups in total. The number of hydrogen-bond acceptors (Lipinski definition) is 3. The Morgan fingerprint density at radius 3 is 2.47 bits per heavy atom. The predicted octanol–water partition coefficient (Wildman–Crippen LogP) is 6.16. The van der Waals surface area contributed by atoms with Gasteiger partial charge in [0.15, 0.2) is 23.3 Å². The topological polar surface area (TPSA) is 86.5 Å². The zero-order valence-electron chi connectivity index (χ0n) is 19.2. The van der Waals surface area contributed by atoms with E-state index in [1.54, 1.807) is 36.7 Å². The molecule has 7 rings (SSSR count). The van der Waals surface area contributed by atoms with Gasteiger partial charge in [0, 0.05) is 23.3 Å². The molecule has 6 aromatic rings. The molecule has 0 saturated carbocycles. The van der Waals surface area contributed by atoms with E-state index in [9.17, 15) is 22.4 Å². The van der Waals surface area contributed by atoms with E-state index in [1.165, 1.54) is 0 Å². The van der Waals surface area contributed by atoms with Crippen LogP contribution in [0.2, 0.25) is 0 Å². The van der Waals surface area contributed by atoms with E-state index in [1.807, 2.05) is 30.3 Å². The number of halogens is 4. The highest BCUT2D eigenvalue weighted by molar-refractivity contribution is 6.06. The standard InChI is InChI=1S/C28H15F4N5O/c29-19-20(30)22(32)25-24(21(19)31)35-27(36-25)17-7-3-6-16-18(17)12-4-1-2-5-13(12)23(16)37-28(38)15-9-11-34-26-14(15)8-10-33-26/h1-11,23H,(H,33,34)(H,35,36)(H,37,38)/t23-/m1/s1. The third-order valence-corrected chi connectivity index (χ3v) is 6.89. The van der Waals surface area contributed by atoms with Crippen molar-refractivity contribution < 1.29 is 22.4 Å². The number of rotatable bonds is 3. The van der Waals surface area contributed by atoms with Crippen LogP contribution < -0.4 is 5.32 Å². The van der Waals surface area contributed by atoms with Crippen LogP contribution in [0.1, 0.15) is 27.5 Å². The molecule has 10 heteroatoms. The summed E-state index contributed by atoms with van der Waals surface area (Å²) < 4.78 is 56.6. The number of nitrogens with zero attached hydrogens (tertiary/aromatic N) is 2. The Kier molecular flexibility index (Phi) is 4.68. The van der Waals surface area contributed by atoms with Gasteiger partial charge in [0.05, 0.1) is 11.6 Å². The Balaban J connectivity index is 1.38. The van der Waals surface area contributed by atoms with Crippen molar-refractivity contribution in [3.05, 3.63) is 107 Å². The first-order chi connectivity index (χ1) is 18.4. The lowest BCUT2D eigenvalue weighted by Crippen LogP contribution is -2.28. The molecular weight excluding hydrogens is 498 g/mol. The maximum absolute atomic E-state index is 14.4. The molecule has 38 heavy (non-hydrogen) atoms. The molecule has 1 atom stereocenters. The van der Waals surface area contributed by atoms with Gasteiger partial charge in [0.1, 0.15) is 22.5 Å². The zero-order chi connectivity index (χ0) is 26.1. The van der Waals surface area contributed by atoms with E-state index in [0.717, 1.165) is 16.7 Å². The van der Waals surface area contributed by atoms with Crippen molar-refractivity contribution in [1.29, 1.82) is 0 Å². The molecular formula is C28H15F4N5O. The normalized spacial score (nSPS) is 14.2. The van der Waals surface area contributed by atoms with E-state index >= 15 is 0 Å². The van der Waals surface area contributed by atoms with Crippen molar-refractivity contribution in [1.82, 2.24) is 25.3 Å². The molecule has 1 amide bonds. The highest BCUT2D eigenvalue weighted by Gasteiger charge is 2.33. The van der Waals surface area contributed by atoms with Gasteiger partial charge < -0.3 is 15.3 Å². The summed E-state index contributed by atoms with van der Waals surface area (Å²) in [5.74, 6) is -7.24. The zero-order valence-corrected chi connectivity index (χ0v) is 19.2. The van der Waals surface area contributed by atoms with Crippen LogP contribution in [0.3, 0.4) is 0 Å². The maximum Gasteiger partial charge on any atom is 0.252 e. The molecule has 0 fully saturated rings. The Hall–Kier alpha value is -4.99. The second-order valence-electron chi connectivity index (χ2n) is 8.93. The molecule has 1 aliphatic rings. The summed E-state index contributed by atoms with van der Waals surface area (Å²) >= 11 is 0. The quantitative estimate of drug-likeness (QED) is 0.150. The SMILES string of the molecule is O=C(N[C@@H]1c2ccccc2-c2c(-c3nc4c(F)c(F)c(F)c(F)c4[nH]3)cccc21)c1ccnc2[nH]ccc12. The number of nitrogens with one attached hydrogen (secondary N) is 3. The third kappa shape index (κ3) is 3.03. The van der Waals surface area contributed by atoms with Crippen LogP contribution in [0.25, 0.3) is 44.6 Å². The fourth-order valence-corrected chi connectivity index (χ4v) is 5.20. The monoisotopic (exact) mass is 513 g/mol. The first kappa shape index (κ1) is 22.2. The minimum absolute atomic E-state index is 0.0320. The Morgan fingerprint density at radius 2 is 1.61 bits per heavy atom. The van der Waals surface area contributed by atoms with Gasteiger partial charge in [0.2, 0.25) is 0 Å². The van der Waals surface area contributed by atoms with E-state index in [-0.39, 0.29) is 11.7 Å². The molecule has 3 aromatic heterocycles. The summed E-state index contributed by atoms with van der Waals surface area (Å²) in [7, 11) is 0. The van der Waals surface area contributed by atoms with Crippen molar-refractivity contribution in [3.63, 3.8) is 0 Å². The number of amides is 1. The highest BCUT2D eigenvalue weighted by Crippen LogP contribution is 2.48. The van der Waals surface area contributed by atoms with Crippen molar-refractivity contribution in [2.45, 2.75) is 6.04 Å². The second-order valence-corrected chi connectivity index (χ2v) is 8.93. The minimum atomic E-state index is -1.92. The molecule has 186 valence electrons. The lowest BCUT2D eigenvalue weighted by Gasteiger charge is -2.16. The van der Waals surface area contributed by atoms with Crippen LogP contribution in [-0.4, -0.2) is 25.8 Å². The largest absolute Gasteiger partial charge is 0.346 e. The van der Waals surface area contributed by atoms with Crippen molar-refractivity contribution >= 4 is 28.0 Å². The van der Waals surface area contributed by atoms with Crippen molar-refractivity contribution in [2.24, 2.45) is 0 Å². The summed E-state index contributed by atoms with van der Waals surface area (Å²) in [5.41, 5.74) is 3.29. The molecule has 0 aliphatic heterocycles. The number of imidazole rings is 1. The van der Waals surface area contributed by atoms with Gasteiger partial charge in [-0.15, -0.1) is 0 Å². The highest BCUT2D eigenvalue weighted by atomic mass is 19.2. The van der Waals surface area contributed by atoms with E-state index < -0.39 is 40.3 Å². The average molecular weight is 513 g/mol. The average Bonchev–Trinajstić information content (AvgIpc) is 3.67. The molecule has 0 saturated heterocycles. The first-order valence-corrected chi connectivity index (χ1v) is 11.6. The van der Waals surface area contributed by atoms with Gasteiger partial charge in [-0.05, 0) is 34.4 Å². The van der Waals surface area contributed by atoms with E-state index in [0.29, 0.717) is 27.7 Å². The molecule has 0 spiro atoms. The predicted molar refractivity (Wildman–Crippen MR) is 132 cm³/mol. The number of H-pyrrole nitrogens is 2. The number of carbonyl (C=O) groups excluding carboxylic acids is 1. The Bertz CT molecular complexity index is 1900. The number of aromatic amines is 2. The van der Waals surface area contributed by atoms with Crippen LogP contribution >= 0.6 is 0 Å². The molecule has 3 heterocycles. The van der Waals surface area contributed by atoms with Crippen LogP contribution in [0.4, 0.5) is 17.6 Å². The Labute approximate surface area is 211 Å². The molecule has 3 aromatic carbocycles. The van der Waals surface area contributed by atoms with Crippen molar-refractivity contribution in [2.75, 3.05) is 0 Å². The summed E-state index contributed by atoms with van der Waals surface area (Å²) in [6, 6.07) is 15.5. The second kappa shape index (κ2) is 8.01. The smallest absolute Gasteiger partial charge is 0.252 e. The van der Waals surface area contributed by atoms with Crippen LogP contribution in [0.5, 0.6) is 0 Å². The lowest BCUT2D eigenvalue weighted by molar-refractivity contribution is 0.0945. The van der Waals surface area contributed by atoms with Gasteiger partial charge in [0.25, 0.3) is 5.91 Å². The van der Waals surface area contributed by atoms with Crippen LogP contribution in [0.15, 0.2) is 67.0 Å². The molecule has 0 unspecified atom stereocenters. The molecule has 0 bridgehead atoms. The Morgan fingerprint density at radius 1 is 0.842 bits per heavy atom. The lowest BCUT2D eigenvalue weighted by atomic mass is 9.98. The maximum atomic E-state index is 14.4. The number of carbonyl (C=O) groups is 1. The summed E-state index contributed by atoms with van der Waals surface area (Å²) in [5, 5.41) is 3.77. The number of aromatic nitrogens is 4. The van der Waals surface area contributed by atoms with E-state index in [4.69, 9.17) is 0 Å². The fourth-order valence-electron chi connectivity index (χ4n) is 5.20. The summed E-state index contributed by atoms with van der Waals surface area (Å²) in [6.07, 6.45) is 3.26. The van der Waals surface area contributed by atoms with Crippen LogP contribution in [0, 0.1) is 23.3 Å². The third-order valence-electron chi connectivity index (χ3n) is 6.89. The van der Waals surface area contributed by atoms with Crippen molar-refractivity contribution in [3.8, 4) is 22.5 Å². The molecule has 1 aliphatic carbocycles. The van der Waals surface area contributed by atoms with Gasteiger partial charge in [-0.3, -0.25) is 4.79 Å². The molecule has 6 nitrogen and oxygen atoms in total. The fraction of sp³-hybridized carbons (Fsp3) is 0.0357. The molecule has 0 radical (unpaired) electrons. The van der Waals surface area contributed by atoms with Gasteiger partial charge >= 0.3 is 0 Å².